The van der Waals surface area contributed by atoms with Gasteiger partial charge in [-0.15, -0.1) is 11.8 Å². The van der Waals surface area contributed by atoms with Crippen LogP contribution < -0.4 is 5.73 Å². The van der Waals surface area contributed by atoms with Gasteiger partial charge in [-0.3, -0.25) is 4.79 Å². The van der Waals surface area contributed by atoms with E-state index in [1.807, 2.05) is 11.9 Å². The molecule has 0 aliphatic heterocycles. The lowest BCUT2D eigenvalue weighted by Crippen LogP contribution is -2.39. The minimum absolute atomic E-state index is 0.283. The van der Waals surface area contributed by atoms with Crippen LogP contribution >= 0.6 is 11.8 Å². The fraction of sp³-hybridized carbons (Fsp3) is 0.923. The van der Waals surface area contributed by atoms with Crippen LogP contribution in [0.1, 0.15) is 45.4 Å². The lowest BCUT2D eigenvalue weighted by atomic mass is 9.94. The van der Waals surface area contributed by atoms with E-state index >= 15 is 0 Å². The molecule has 0 spiro atoms. The van der Waals surface area contributed by atoms with Crippen LogP contribution in [0.3, 0.4) is 0 Å². The van der Waals surface area contributed by atoms with Crippen LogP contribution in [0.15, 0.2) is 0 Å². The Balaban J connectivity index is 2.25. The summed E-state index contributed by atoms with van der Waals surface area (Å²) in [7, 11) is 1.96. The maximum Gasteiger partial charge on any atom is 0.232 e. The van der Waals surface area contributed by atoms with Gasteiger partial charge < -0.3 is 10.6 Å². The van der Waals surface area contributed by atoms with Crippen molar-refractivity contribution in [3.05, 3.63) is 0 Å². The lowest BCUT2D eigenvalue weighted by molar-refractivity contribution is -0.129. The molecule has 0 bridgehead atoms. The molecule has 0 aromatic rings. The van der Waals surface area contributed by atoms with Crippen LogP contribution in [0.25, 0.3) is 0 Å². The number of hydrogen-bond donors (Lipinski definition) is 1. The second-order valence-electron chi connectivity index (χ2n) is 5.00. The average molecular weight is 258 g/mol. The molecule has 2 N–H and O–H groups in total. The molecule has 1 aliphatic rings. The Labute approximate surface area is 109 Å². The Hall–Kier alpha value is -0.220. The molecule has 1 unspecified atom stereocenters. The zero-order valence-corrected chi connectivity index (χ0v) is 12.0. The van der Waals surface area contributed by atoms with E-state index in [-0.39, 0.29) is 5.91 Å². The quantitative estimate of drug-likeness (QED) is 0.795. The number of carbonyl (C=O) groups is 1. The summed E-state index contributed by atoms with van der Waals surface area (Å²) in [5.41, 5.74) is 5.50. The van der Waals surface area contributed by atoms with Crippen molar-refractivity contribution in [1.29, 1.82) is 0 Å². The van der Waals surface area contributed by atoms with E-state index < -0.39 is 0 Å². The second-order valence-corrected chi connectivity index (χ2v) is 6.42. The molecule has 0 radical (unpaired) electrons. The molecule has 0 aromatic heterocycles. The highest BCUT2D eigenvalue weighted by Gasteiger charge is 2.22. The number of nitrogens with two attached hydrogens (primary N) is 1. The molecule has 1 atom stereocenters. The molecule has 0 aromatic carbocycles. The first kappa shape index (κ1) is 14.8. The molecule has 17 heavy (non-hydrogen) atoms. The van der Waals surface area contributed by atoms with Crippen LogP contribution in [0.2, 0.25) is 0 Å². The maximum absolute atomic E-state index is 12.0. The molecule has 1 aliphatic carbocycles. The minimum atomic E-state index is 0.283. The van der Waals surface area contributed by atoms with Crippen molar-refractivity contribution in [3.8, 4) is 0 Å². The number of nitrogens with zero attached hydrogens (tertiary/aromatic N) is 1. The van der Waals surface area contributed by atoms with Crippen molar-refractivity contribution < 1.29 is 4.79 Å². The highest BCUT2D eigenvalue weighted by molar-refractivity contribution is 8.00. The number of thioether (sulfide) groups is 1. The second kappa shape index (κ2) is 7.98. The first-order valence-electron chi connectivity index (χ1n) is 6.72. The Kier molecular flexibility index (Phi) is 6.97. The van der Waals surface area contributed by atoms with E-state index in [0.29, 0.717) is 23.6 Å². The minimum Gasteiger partial charge on any atom is -0.342 e. The van der Waals surface area contributed by atoms with E-state index in [1.165, 1.54) is 32.1 Å². The number of carbonyl (C=O) groups excluding carboxylic acids is 1. The van der Waals surface area contributed by atoms with Gasteiger partial charge in [-0.2, -0.15) is 0 Å². The largest absolute Gasteiger partial charge is 0.342 e. The van der Waals surface area contributed by atoms with Crippen molar-refractivity contribution in [2.24, 2.45) is 5.73 Å². The van der Waals surface area contributed by atoms with E-state index in [4.69, 9.17) is 5.73 Å². The van der Waals surface area contributed by atoms with Gasteiger partial charge >= 0.3 is 0 Å². The number of rotatable bonds is 6. The normalized spacial score (nSPS) is 19.0. The lowest BCUT2D eigenvalue weighted by Gasteiger charge is -2.31. The highest BCUT2D eigenvalue weighted by atomic mass is 32.2. The maximum atomic E-state index is 12.0. The summed E-state index contributed by atoms with van der Waals surface area (Å²) in [6, 6.07) is 0.488. The summed E-state index contributed by atoms with van der Waals surface area (Å²) in [6.45, 7) is 2.85. The van der Waals surface area contributed by atoms with Gasteiger partial charge in [0, 0.05) is 18.3 Å². The molecule has 100 valence electrons. The molecule has 0 heterocycles. The van der Waals surface area contributed by atoms with Crippen LogP contribution in [-0.2, 0) is 4.79 Å². The molecule has 4 heteroatoms. The SMILES string of the molecule is CC(CCN)SCC(=O)N(C)C1CCCCC1. The average Bonchev–Trinajstić information content (AvgIpc) is 2.36. The van der Waals surface area contributed by atoms with E-state index in [2.05, 4.69) is 6.92 Å². The van der Waals surface area contributed by atoms with Crippen molar-refractivity contribution in [1.82, 2.24) is 4.90 Å². The molecule has 3 nitrogen and oxygen atoms in total. The van der Waals surface area contributed by atoms with Gasteiger partial charge in [0.1, 0.15) is 0 Å². The van der Waals surface area contributed by atoms with Gasteiger partial charge in [-0.25, -0.2) is 0 Å². The van der Waals surface area contributed by atoms with Crippen molar-refractivity contribution in [2.45, 2.75) is 56.7 Å². The smallest absolute Gasteiger partial charge is 0.232 e. The molecular weight excluding hydrogens is 232 g/mol. The summed E-state index contributed by atoms with van der Waals surface area (Å²) in [5, 5.41) is 0.490. The van der Waals surface area contributed by atoms with Crippen molar-refractivity contribution in [2.75, 3.05) is 19.3 Å². The highest BCUT2D eigenvalue weighted by Crippen LogP contribution is 2.22. The molecule has 1 amide bonds. The van der Waals surface area contributed by atoms with Gasteiger partial charge in [0.2, 0.25) is 5.91 Å². The van der Waals surface area contributed by atoms with Gasteiger partial charge in [-0.1, -0.05) is 26.2 Å². The third-order valence-corrected chi connectivity index (χ3v) is 4.80. The van der Waals surface area contributed by atoms with Crippen LogP contribution in [0.5, 0.6) is 0 Å². The summed E-state index contributed by atoms with van der Waals surface area (Å²) >= 11 is 1.73. The van der Waals surface area contributed by atoms with Crippen LogP contribution in [-0.4, -0.2) is 41.4 Å². The van der Waals surface area contributed by atoms with Crippen molar-refractivity contribution in [3.63, 3.8) is 0 Å². The Morgan fingerprint density at radius 1 is 1.41 bits per heavy atom. The molecular formula is C13H26N2OS. The summed E-state index contributed by atoms with van der Waals surface area (Å²) in [6.07, 6.45) is 7.25. The summed E-state index contributed by atoms with van der Waals surface area (Å²) in [5.74, 6) is 0.888. The van der Waals surface area contributed by atoms with E-state index in [9.17, 15) is 4.79 Å². The van der Waals surface area contributed by atoms with Gasteiger partial charge in [0.05, 0.1) is 5.75 Å². The van der Waals surface area contributed by atoms with Gasteiger partial charge in [0.15, 0.2) is 0 Å². The number of hydrogen-bond acceptors (Lipinski definition) is 3. The zero-order chi connectivity index (χ0) is 12.7. The van der Waals surface area contributed by atoms with Crippen molar-refractivity contribution >= 4 is 17.7 Å². The topological polar surface area (TPSA) is 46.3 Å². The van der Waals surface area contributed by atoms with E-state index in [1.54, 1.807) is 11.8 Å². The van der Waals surface area contributed by atoms with Crippen LogP contribution in [0, 0.1) is 0 Å². The Morgan fingerprint density at radius 2 is 2.06 bits per heavy atom. The Bertz CT molecular complexity index is 229. The van der Waals surface area contributed by atoms with Crippen LogP contribution in [0.4, 0.5) is 0 Å². The fourth-order valence-electron chi connectivity index (χ4n) is 2.31. The predicted octanol–water partition coefficient (Wildman–Crippen LogP) is 2.25. The Morgan fingerprint density at radius 3 is 2.65 bits per heavy atom. The molecule has 1 saturated carbocycles. The van der Waals surface area contributed by atoms with Gasteiger partial charge in [-0.05, 0) is 25.8 Å². The standard InChI is InChI=1S/C13H26N2OS/c1-11(8-9-14)17-10-13(16)15(2)12-6-4-3-5-7-12/h11-12H,3-10,14H2,1-2H3. The summed E-state index contributed by atoms with van der Waals surface area (Å²) in [4.78, 5) is 14.0. The first-order chi connectivity index (χ1) is 8.15. The molecule has 1 rings (SSSR count). The molecule has 1 fully saturated rings. The first-order valence-corrected chi connectivity index (χ1v) is 7.77. The summed E-state index contributed by atoms with van der Waals surface area (Å²) < 4.78 is 0. The van der Waals surface area contributed by atoms with Gasteiger partial charge in [0.25, 0.3) is 0 Å². The fourth-order valence-corrected chi connectivity index (χ4v) is 3.24. The van der Waals surface area contributed by atoms with E-state index in [0.717, 1.165) is 6.42 Å². The monoisotopic (exact) mass is 258 g/mol. The predicted molar refractivity (Wildman–Crippen MR) is 75.2 cm³/mol. The third-order valence-electron chi connectivity index (χ3n) is 3.58. The molecule has 0 saturated heterocycles. The zero-order valence-electron chi connectivity index (χ0n) is 11.2. The number of amides is 1. The third kappa shape index (κ3) is 5.30.